The molecular weight excluding hydrogens is 581 g/mol. The van der Waals surface area contributed by atoms with Gasteiger partial charge in [-0.25, -0.2) is 13.2 Å². The number of carbonyl (C=O) groups excluding carboxylic acids is 1. The minimum Gasteiger partial charge on any atom is -0.462 e. The fraction of sp³-hybridized carbons (Fsp3) is 0.353. The first kappa shape index (κ1) is 30.3. The molecule has 6 rings (SSSR count). The third kappa shape index (κ3) is 5.33. The summed E-state index contributed by atoms with van der Waals surface area (Å²) in [4.78, 5) is 31.6. The van der Waals surface area contributed by atoms with Gasteiger partial charge in [0.1, 0.15) is 35.6 Å². The molecule has 11 heteroatoms. The van der Waals surface area contributed by atoms with E-state index >= 15 is 4.39 Å². The molecule has 4 heterocycles. The number of aromatic nitrogens is 3. The minimum absolute atomic E-state index is 0.0113. The first-order valence-electron chi connectivity index (χ1n) is 14.8. The third-order valence-corrected chi connectivity index (χ3v) is 9.08. The van der Waals surface area contributed by atoms with Crippen LogP contribution in [0.25, 0.3) is 32.9 Å². The Morgan fingerprint density at radius 1 is 1.27 bits per heavy atom. The molecule has 2 saturated heterocycles. The summed E-state index contributed by atoms with van der Waals surface area (Å²) in [6.07, 6.45) is 8.44. The molecule has 2 aliphatic rings. The maximum atomic E-state index is 16.7. The van der Waals surface area contributed by atoms with Gasteiger partial charge in [-0.15, -0.1) is 6.42 Å². The molecule has 8 nitrogen and oxygen atoms in total. The number of anilines is 1. The zero-order valence-electron chi connectivity index (χ0n) is 25.3. The van der Waals surface area contributed by atoms with Crippen molar-refractivity contribution in [2.75, 3.05) is 38.7 Å². The number of hydrogen-bond donors (Lipinski definition) is 0. The molecule has 0 radical (unpaired) electrons. The Hall–Kier alpha value is -4.69. The molecule has 2 fully saturated rings. The number of hydrogen-bond acceptors (Lipinski definition) is 7. The molecule has 0 bridgehead atoms. The van der Waals surface area contributed by atoms with E-state index in [0.717, 1.165) is 0 Å². The van der Waals surface area contributed by atoms with E-state index in [0.29, 0.717) is 53.5 Å². The molecule has 0 unspecified atom stereocenters. The van der Waals surface area contributed by atoms with Crippen LogP contribution in [0.1, 0.15) is 25.3 Å². The van der Waals surface area contributed by atoms with E-state index in [1.165, 1.54) is 18.3 Å². The maximum absolute atomic E-state index is 16.7. The molecule has 2 aliphatic heterocycles. The predicted octanol–water partition coefficient (Wildman–Crippen LogP) is 5.14. The summed E-state index contributed by atoms with van der Waals surface area (Å²) in [7, 11) is 3.65. The highest BCUT2D eigenvalue weighted by molar-refractivity contribution is 6.02. The number of benzene rings is 2. The van der Waals surface area contributed by atoms with Gasteiger partial charge in [-0.3, -0.25) is 14.7 Å². The van der Waals surface area contributed by atoms with Crippen LogP contribution in [0.5, 0.6) is 6.01 Å². The average Bonchev–Trinajstić information content (AvgIpc) is 3.58. The van der Waals surface area contributed by atoms with Crippen LogP contribution < -0.4 is 9.64 Å². The SMILES string of the molecule is C#Cc1c(F)ccc2cccc(-c3ncc4c(N(C)[C@@H]5CCN(C(=O)C=C)[C@@H]5C)nc(OC[C@@H]5C[C@@H](F)CN5C)nc4c3F)c12. The number of pyridine rings is 1. The number of rotatable bonds is 7. The van der Waals surface area contributed by atoms with Crippen LogP contribution in [0.3, 0.4) is 0 Å². The van der Waals surface area contributed by atoms with Crippen molar-refractivity contribution in [3.8, 4) is 29.6 Å². The normalized spacial score (nSPS) is 21.8. The zero-order valence-corrected chi connectivity index (χ0v) is 25.3. The number of halogens is 3. The van der Waals surface area contributed by atoms with E-state index in [9.17, 15) is 13.6 Å². The second-order valence-corrected chi connectivity index (χ2v) is 11.7. The molecule has 0 saturated carbocycles. The number of nitrogens with zero attached hydrogens (tertiary/aromatic N) is 6. The smallest absolute Gasteiger partial charge is 0.319 e. The fourth-order valence-corrected chi connectivity index (χ4v) is 6.64. The monoisotopic (exact) mass is 614 g/mol. The molecule has 0 aliphatic carbocycles. The Morgan fingerprint density at radius 3 is 2.78 bits per heavy atom. The molecule has 2 aromatic heterocycles. The van der Waals surface area contributed by atoms with E-state index in [2.05, 4.69) is 27.5 Å². The lowest BCUT2D eigenvalue weighted by Gasteiger charge is -2.32. The van der Waals surface area contributed by atoms with Gasteiger partial charge in [-0.2, -0.15) is 9.97 Å². The highest BCUT2D eigenvalue weighted by Crippen LogP contribution is 2.37. The molecule has 232 valence electrons. The lowest BCUT2D eigenvalue weighted by Crippen LogP contribution is -2.43. The van der Waals surface area contributed by atoms with Crippen molar-refractivity contribution in [3.63, 3.8) is 0 Å². The van der Waals surface area contributed by atoms with Gasteiger partial charge in [0.2, 0.25) is 5.91 Å². The fourth-order valence-electron chi connectivity index (χ4n) is 6.64. The standard InChI is InChI=1S/C34H33F3N6O2/c1-6-23-26(36)12-11-20-9-8-10-24(29(20)23)31-30(37)32-25(16-38-31)33(42(5)27-13-14-43(19(27)3)28(44)7-2)40-34(39-32)45-18-22-15-21(35)17-41(22)4/h1,7-12,16,19,21-22,27H,2,13-15,17-18H2,3-5H3/t19-,21-,22+,27-/m1/s1. The van der Waals surface area contributed by atoms with E-state index in [-0.39, 0.29) is 53.4 Å². The van der Waals surface area contributed by atoms with Gasteiger partial charge in [-0.1, -0.05) is 36.8 Å². The Balaban J connectivity index is 1.48. The van der Waals surface area contributed by atoms with E-state index in [1.54, 1.807) is 29.2 Å². The van der Waals surface area contributed by atoms with Crippen molar-refractivity contribution in [1.29, 1.82) is 0 Å². The molecule has 1 amide bonds. The van der Waals surface area contributed by atoms with Crippen molar-refractivity contribution < 1.29 is 22.7 Å². The summed E-state index contributed by atoms with van der Waals surface area (Å²) in [6, 6.07) is 7.39. The van der Waals surface area contributed by atoms with Gasteiger partial charge >= 0.3 is 6.01 Å². The van der Waals surface area contributed by atoms with Crippen molar-refractivity contribution in [2.45, 2.75) is 44.1 Å². The van der Waals surface area contributed by atoms with Gasteiger partial charge in [0.05, 0.1) is 17.0 Å². The molecule has 4 aromatic rings. The van der Waals surface area contributed by atoms with E-state index in [1.807, 2.05) is 30.8 Å². The lowest BCUT2D eigenvalue weighted by molar-refractivity contribution is -0.126. The number of fused-ring (bicyclic) bond motifs is 2. The Morgan fingerprint density at radius 2 is 2.07 bits per heavy atom. The predicted molar refractivity (Wildman–Crippen MR) is 168 cm³/mol. The second kappa shape index (κ2) is 12.0. The van der Waals surface area contributed by atoms with Crippen LogP contribution in [0.15, 0.2) is 49.2 Å². The number of likely N-dealkylation sites (N-methyl/N-ethyl adjacent to an activating group) is 2. The van der Waals surface area contributed by atoms with Gasteiger partial charge in [0.15, 0.2) is 5.82 Å². The van der Waals surface area contributed by atoms with Crippen molar-refractivity contribution in [2.24, 2.45) is 0 Å². The molecule has 45 heavy (non-hydrogen) atoms. The largest absolute Gasteiger partial charge is 0.462 e. The number of carbonyl (C=O) groups is 1. The van der Waals surface area contributed by atoms with Gasteiger partial charge in [-0.05, 0) is 44.3 Å². The molecule has 0 spiro atoms. The summed E-state index contributed by atoms with van der Waals surface area (Å²) in [5, 5.41) is 1.33. The zero-order chi connectivity index (χ0) is 32.0. The first-order chi connectivity index (χ1) is 21.6. The molecule has 4 atom stereocenters. The van der Waals surface area contributed by atoms with E-state index in [4.69, 9.17) is 11.2 Å². The highest BCUT2D eigenvalue weighted by Gasteiger charge is 2.37. The first-order valence-corrected chi connectivity index (χ1v) is 14.8. The van der Waals surface area contributed by atoms with Crippen molar-refractivity contribution in [3.05, 3.63) is 66.4 Å². The van der Waals surface area contributed by atoms with Crippen molar-refractivity contribution >= 4 is 33.4 Å². The lowest BCUT2D eigenvalue weighted by atomic mass is 9.96. The number of alkyl halides is 1. The maximum Gasteiger partial charge on any atom is 0.319 e. The van der Waals surface area contributed by atoms with E-state index < -0.39 is 17.8 Å². The van der Waals surface area contributed by atoms with Crippen LogP contribution in [0, 0.1) is 24.0 Å². The summed E-state index contributed by atoms with van der Waals surface area (Å²) < 4.78 is 51.5. The molecule has 2 aromatic carbocycles. The summed E-state index contributed by atoms with van der Waals surface area (Å²) in [6.45, 7) is 6.49. The minimum atomic E-state index is -0.961. The van der Waals surface area contributed by atoms with Gasteiger partial charge < -0.3 is 14.5 Å². The summed E-state index contributed by atoms with van der Waals surface area (Å²) in [5.41, 5.74) is 0.230. The van der Waals surface area contributed by atoms with Crippen LogP contribution in [0.4, 0.5) is 19.0 Å². The number of ether oxygens (including phenoxy) is 1. The number of terminal acetylenes is 1. The highest BCUT2D eigenvalue weighted by atomic mass is 19.1. The molecule has 0 N–H and O–H groups in total. The van der Waals surface area contributed by atoms with Crippen LogP contribution in [0.2, 0.25) is 0 Å². The topological polar surface area (TPSA) is 74.7 Å². The van der Waals surface area contributed by atoms with Crippen LogP contribution >= 0.6 is 0 Å². The number of amides is 1. The Labute approximate surface area is 259 Å². The average molecular weight is 615 g/mol. The van der Waals surface area contributed by atoms with Crippen molar-refractivity contribution in [1.82, 2.24) is 24.8 Å². The quantitative estimate of drug-likeness (QED) is 0.211. The summed E-state index contributed by atoms with van der Waals surface area (Å²) >= 11 is 0. The van der Waals surface area contributed by atoms with Gasteiger partial charge in [0, 0.05) is 49.4 Å². The third-order valence-electron chi connectivity index (χ3n) is 9.08. The Bertz CT molecular complexity index is 1860. The number of likely N-dealkylation sites (tertiary alicyclic amines) is 2. The van der Waals surface area contributed by atoms with Gasteiger partial charge in [0.25, 0.3) is 0 Å². The second-order valence-electron chi connectivity index (χ2n) is 11.7. The Kier molecular flexibility index (Phi) is 8.10. The van der Waals surface area contributed by atoms with Crippen LogP contribution in [-0.2, 0) is 4.79 Å². The molecular formula is C34H33F3N6O2. The summed E-state index contributed by atoms with van der Waals surface area (Å²) in [5.74, 6) is 1.25. The van der Waals surface area contributed by atoms with Crippen LogP contribution in [-0.4, -0.2) is 88.7 Å².